The molecule has 1 aliphatic rings. The molecule has 0 aliphatic carbocycles. The number of hydrogen-bond acceptors (Lipinski definition) is 4. The molecule has 1 fully saturated rings. The predicted octanol–water partition coefficient (Wildman–Crippen LogP) is 2.32. The molecule has 0 bridgehead atoms. The monoisotopic (exact) mass is 417 g/mol. The first-order chi connectivity index (χ1) is 12.8. The minimum atomic E-state index is -3.54. The molecule has 154 valence electrons. The van der Waals surface area contributed by atoms with Crippen molar-refractivity contribution in [1.29, 1.82) is 0 Å². The van der Waals surface area contributed by atoms with Gasteiger partial charge < -0.3 is 0 Å². The Morgan fingerprint density at radius 1 is 0.926 bits per heavy atom. The van der Waals surface area contributed by atoms with Gasteiger partial charge in [0.05, 0.1) is 4.90 Å². The average molecular weight is 418 g/mol. The minimum Gasteiger partial charge on any atom is -0.207 e. The van der Waals surface area contributed by atoms with Crippen molar-refractivity contribution in [2.75, 3.05) is 26.2 Å². The van der Waals surface area contributed by atoms with Crippen molar-refractivity contribution in [3.63, 3.8) is 0 Å². The lowest BCUT2D eigenvalue weighted by Gasteiger charge is -2.26. The lowest BCUT2D eigenvalue weighted by Crippen LogP contribution is -2.41. The van der Waals surface area contributed by atoms with E-state index in [0.717, 1.165) is 37.7 Å². The van der Waals surface area contributed by atoms with E-state index in [2.05, 4.69) is 4.72 Å². The van der Waals surface area contributed by atoms with Crippen LogP contribution in [0.1, 0.15) is 51.5 Å². The summed E-state index contributed by atoms with van der Waals surface area (Å²) in [4.78, 5) is 0.259. The van der Waals surface area contributed by atoms with Gasteiger partial charge in [-0.15, -0.1) is 0 Å². The number of nitrogens with zero attached hydrogens (tertiary/aromatic N) is 2. The van der Waals surface area contributed by atoms with E-state index in [1.165, 1.54) is 8.61 Å². The molecular weight excluding hydrogens is 386 g/mol. The summed E-state index contributed by atoms with van der Waals surface area (Å²) in [6, 6.07) is 6.46. The number of piperidine rings is 1. The summed E-state index contributed by atoms with van der Waals surface area (Å²) in [6.45, 7) is 6.12. The Hall–Kier alpha value is -1.00. The first kappa shape index (κ1) is 22.3. The Morgan fingerprint density at radius 2 is 1.48 bits per heavy atom. The zero-order chi connectivity index (χ0) is 19.9. The van der Waals surface area contributed by atoms with E-state index in [4.69, 9.17) is 0 Å². The van der Waals surface area contributed by atoms with Crippen LogP contribution in [0.25, 0.3) is 0 Å². The summed E-state index contributed by atoms with van der Waals surface area (Å²) in [5.74, 6) is 0. The molecule has 0 atom stereocenters. The Morgan fingerprint density at radius 3 is 2.00 bits per heavy atom. The first-order valence-corrected chi connectivity index (χ1v) is 12.5. The average Bonchev–Trinajstić information content (AvgIpc) is 2.67. The Bertz CT molecular complexity index is 780. The van der Waals surface area contributed by atoms with E-state index in [-0.39, 0.29) is 11.4 Å². The van der Waals surface area contributed by atoms with E-state index in [0.29, 0.717) is 26.2 Å². The molecule has 9 heteroatoms. The van der Waals surface area contributed by atoms with Gasteiger partial charge in [-0.25, -0.2) is 8.42 Å². The van der Waals surface area contributed by atoms with Crippen molar-refractivity contribution in [3.8, 4) is 0 Å². The molecule has 1 saturated heterocycles. The van der Waals surface area contributed by atoms with Gasteiger partial charge in [-0.2, -0.15) is 21.8 Å². The molecule has 2 rings (SSSR count). The largest absolute Gasteiger partial charge is 0.279 e. The van der Waals surface area contributed by atoms with E-state index in [1.54, 1.807) is 24.3 Å². The second-order valence-corrected chi connectivity index (χ2v) is 10.5. The van der Waals surface area contributed by atoms with Crippen molar-refractivity contribution in [2.45, 2.75) is 57.4 Å². The van der Waals surface area contributed by atoms with Gasteiger partial charge in [0.25, 0.3) is 10.2 Å². The highest BCUT2D eigenvalue weighted by Crippen LogP contribution is 2.21. The van der Waals surface area contributed by atoms with Gasteiger partial charge in [0.2, 0.25) is 10.0 Å². The van der Waals surface area contributed by atoms with Crippen molar-refractivity contribution in [2.24, 2.45) is 0 Å². The molecule has 0 spiro atoms. The van der Waals surface area contributed by atoms with Crippen LogP contribution in [0.5, 0.6) is 0 Å². The van der Waals surface area contributed by atoms with Gasteiger partial charge in [0, 0.05) is 32.7 Å². The highest BCUT2D eigenvalue weighted by Gasteiger charge is 2.26. The molecule has 0 aromatic heterocycles. The van der Waals surface area contributed by atoms with Crippen molar-refractivity contribution < 1.29 is 16.8 Å². The molecule has 0 amide bonds. The second-order valence-electron chi connectivity index (χ2n) is 6.83. The third-order valence-electron chi connectivity index (χ3n) is 4.62. The fourth-order valence-electron chi connectivity index (χ4n) is 3.15. The zero-order valence-corrected chi connectivity index (χ0v) is 17.9. The fourth-order valence-corrected chi connectivity index (χ4v) is 6.04. The molecule has 0 unspecified atom stereocenters. The summed E-state index contributed by atoms with van der Waals surface area (Å²) in [5.41, 5.74) is 0.726. The quantitative estimate of drug-likeness (QED) is 0.633. The number of sulfonamides is 1. The molecule has 7 nitrogen and oxygen atoms in total. The molecule has 0 radical (unpaired) electrons. The predicted molar refractivity (Wildman–Crippen MR) is 107 cm³/mol. The normalized spacial score (nSPS) is 16.7. The standard InChI is InChI=1S/C18H31N3O4S2/c1-3-12-21(13-4-2)27(24,25)19-16-17-8-10-18(11-9-17)26(22,23)20-14-6-5-7-15-20/h8-11,19H,3-7,12-16H2,1-2H3. The number of rotatable bonds is 10. The maximum absolute atomic E-state index is 12.7. The van der Waals surface area contributed by atoms with Crippen LogP contribution < -0.4 is 4.72 Å². The smallest absolute Gasteiger partial charge is 0.207 e. The molecule has 1 aromatic carbocycles. The third kappa shape index (κ3) is 5.99. The molecular formula is C18H31N3O4S2. The highest BCUT2D eigenvalue weighted by atomic mass is 32.2. The maximum Gasteiger partial charge on any atom is 0.279 e. The van der Waals surface area contributed by atoms with Crippen LogP contribution in [0.3, 0.4) is 0 Å². The summed E-state index contributed by atoms with van der Waals surface area (Å²) < 4.78 is 55.8. The van der Waals surface area contributed by atoms with E-state index in [9.17, 15) is 16.8 Å². The minimum absolute atomic E-state index is 0.135. The van der Waals surface area contributed by atoms with E-state index < -0.39 is 20.2 Å². The van der Waals surface area contributed by atoms with Gasteiger partial charge in [-0.05, 0) is 43.4 Å². The van der Waals surface area contributed by atoms with Crippen LogP contribution >= 0.6 is 0 Å². The van der Waals surface area contributed by atoms with Crippen molar-refractivity contribution in [3.05, 3.63) is 29.8 Å². The van der Waals surface area contributed by atoms with Gasteiger partial charge in [-0.1, -0.05) is 32.4 Å². The topological polar surface area (TPSA) is 86.8 Å². The lowest BCUT2D eigenvalue weighted by atomic mass is 10.2. The first-order valence-electron chi connectivity index (χ1n) is 9.65. The number of benzene rings is 1. The number of hydrogen-bond donors (Lipinski definition) is 1. The molecule has 0 saturated carbocycles. The molecule has 1 aliphatic heterocycles. The summed E-state index contributed by atoms with van der Waals surface area (Å²) in [6.07, 6.45) is 4.36. The van der Waals surface area contributed by atoms with Crippen LogP contribution in [-0.2, 0) is 26.8 Å². The van der Waals surface area contributed by atoms with Gasteiger partial charge in [0.15, 0.2) is 0 Å². The van der Waals surface area contributed by atoms with Crippen LogP contribution in [0.15, 0.2) is 29.2 Å². The molecule has 1 N–H and O–H groups in total. The SMILES string of the molecule is CCCN(CCC)S(=O)(=O)NCc1ccc(S(=O)(=O)N2CCCCC2)cc1. The Labute approximate surface area is 164 Å². The third-order valence-corrected chi connectivity index (χ3v) is 8.09. The molecule has 27 heavy (non-hydrogen) atoms. The molecule has 1 heterocycles. The van der Waals surface area contributed by atoms with Crippen LogP contribution in [0.2, 0.25) is 0 Å². The second kappa shape index (κ2) is 9.97. The van der Waals surface area contributed by atoms with Gasteiger partial charge in [-0.3, -0.25) is 0 Å². The summed E-state index contributed by atoms with van der Waals surface area (Å²) >= 11 is 0. The Kier molecular flexibility index (Phi) is 8.23. The summed E-state index contributed by atoms with van der Waals surface area (Å²) in [5, 5.41) is 0. The van der Waals surface area contributed by atoms with Crippen molar-refractivity contribution in [1.82, 2.24) is 13.3 Å². The van der Waals surface area contributed by atoms with Crippen LogP contribution in [-0.4, -0.2) is 51.6 Å². The molecule has 1 aromatic rings. The highest BCUT2D eigenvalue weighted by molar-refractivity contribution is 7.89. The Balaban J connectivity index is 2.03. The van der Waals surface area contributed by atoms with Gasteiger partial charge in [0.1, 0.15) is 0 Å². The van der Waals surface area contributed by atoms with Gasteiger partial charge >= 0.3 is 0 Å². The fraction of sp³-hybridized carbons (Fsp3) is 0.667. The summed E-state index contributed by atoms with van der Waals surface area (Å²) in [7, 11) is -7.01. The maximum atomic E-state index is 12.7. The van der Waals surface area contributed by atoms with E-state index >= 15 is 0 Å². The number of nitrogens with one attached hydrogen (secondary N) is 1. The lowest BCUT2D eigenvalue weighted by molar-refractivity contribution is 0.346. The van der Waals surface area contributed by atoms with Crippen LogP contribution in [0, 0.1) is 0 Å². The van der Waals surface area contributed by atoms with Crippen molar-refractivity contribution >= 4 is 20.2 Å². The van der Waals surface area contributed by atoms with E-state index in [1.807, 2.05) is 13.8 Å². The van der Waals surface area contributed by atoms with Crippen LogP contribution in [0.4, 0.5) is 0 Å². The zero-order valence-electron chi connectivity index (χ0n) is 16.2.